The van der Waals surface area contributed by atoms with Crippen LogP contribution in [0.15, 0.2) is 36.5 Å². The van der Waals surface area contributed by atoms with Crippen LogP contribution in [-0.2, 0) is 0 Å². The number of rotatable bonds is 4. The van der Waals surface area contributed by atoms with Crippen LogP contribution in [-0.4, -0.2) is 55.2 Å². The highest BCUT2D eigenvalue weighted by Gasteiger charge is 2.28. The van der Waals surface area contributed by atoms with Gasteiger partial charge in [0.2, 0.25) is 0 Å². The molecule has 6 heteroatoms. The number of anilines is 1. The number of piperidine rings is 1. The minimum Gasteiger partial charge on any atom is -0.503 e. The number of hydrogen-bond donors (Lipinski definition) is 2. The molecule has 2 aromatic rings. The van der Waals surface area contributed by atoms with Gasteiger partial charge in [-0.3, -0.25) is 4.90 Å². The molecule has 2 N–H and O–H groups in total. The highest BCUT2D eigenvalue weighted by Crippen LogP contribution is 2.41. The molecular weight excluding hydrogens is 386 g/mol. The predicted octanol–water partition coefficient (Wildman–Crippen LogP) is 4.53. The second-order valence-corrected chi connectivity index (χ2v) is 8.28. The van der Waals surface area contributed by atoms with E-state index < -0.39 is 0 Å². The Kier molecular flexibility index (Phi) is 5.72. The normalized spacial score (nSPS) is 19.8. The summed E-state index contributed by atoms with van der Waals surface area (Å²) in [4.78, 5) is 4.83. The van der Waals surface area contributed by atoms with E-state index in [1.807, 2.05) is 12.3 Å². The Labute approximate surface area is 177 Å². The van der Waals surface area contributed by atoms with Crippen LogP contribution in [0.5, 0.6) is 11.5 Å². The lowest BCUT2D eigenvalue weighted by atomic mass is 9.93. The van der Waals surface area contributed by atoms with Crippen LogP contribution < -0.4 is 10.1 Å². The monoisotopic (exact) mass is 412 g/mol. The van der Waals surface area contributed by atoms with Crippen molar-refractivity contribution in [3.8, 4) is 22.6 Å². The first-order valence-corrected chi connectivity index (χ1v) is 10.3. The molecule has 0 aromatic heterocycles. The summed E-state index contributed by atoms with van der Waals surface area (Å²) in [5, 5.41) is 13.6. The lowest BCUT2D eigenvalue weighted by Gasteiger charge is -2.39. The van der Waals surface area contributed by atoms with E-state index in [2.05, 4.69) is 53.5 Å². The quantitative estimate of drug-likeness (QED) is 0.772. The Hall–Kier alpha value is -2.21. The van der Waals surface area contributed by atoms with Gasteiger partial charge in [0.15, 0.2) is 11.5 Å². The fraction of sp³-hybridized carbons (Fsp3) is 0.391. The van der Waals surface area contributed by atoms with E-state index in [1.165, 1.54) is 25.5 Å². The lowest BCUT2D eigenvalue weighted by molar-refractivity contribution is 0.121. The van der Waals surface area contributed by atoms with Crippen LogP contribution in [0, 0.1) is 6.08 Å². The van der Waals surface area contributed by atoms with Crippen molar-refractivity contribution in [1.29, 1.82) is 0 Å². The highest BCUT2D eigenvalue weighted by molar-refractivity contribution is 6.32. The number of ether oxygens (including phenoxy) is 1. The minimum absolute atomic E-state index is 0.0336. The van der Waals surface area contributed by atoms with Gasteiger partial charge in [-0.25, -0.2) is 0 Å². The molecule has 1 saturated heterocycles. The number of halogens is 1. The van der Waals surface area contributed by atoms with Gasteiger partial charge in [-0.05, 0) is 87.1 Å². The van der Waals surface area contributed by atoms with Crippen LogP contribution in [0.1, 0.15) is 24.4 Å². The minimum atomic E-state index is -0.0336. The van der Waals surface area contributed by atoms with Gasteiger partial charge in [-0.1, -0.05) is 17.7 Å². The molecule has 2 aliphatic rings. The van der Waals surface area contributed by atoms with Gasteiger partial charge in [0.25, 0.3) is 0 Å². The molecule has 1 radical (unpaired) electrons. The van der Waals surface area contributed by atoms with E-state index in [1.54, 1.807) is 6.07 Å². The van der Waals surface area contributed by atoms with Crippen molar-refractivity contribution in [2.45, 2.75) is 24.9 Å². The zero-order chi connectivity index (χ0) is 20.5. The van der Waals surface area contributed by atoms with Gasteiger partial charge in [0.1, 0.15) is 0 Å². The maximum Gasteiger partial charge on any atom is 0.176 e. The Morgan fingerprint density at radius 1 is 1.21 bits per heavy atom. The standard InChI is InChI=1S/C23H27ClN3O2/c1-26-10-7-17(8-11-26)27(2)21-6-9-25-20-5-4-15(12-18(20)21)16-13-19(24)23(28)22(14-16)29-3/h4-5,9,12-14,17,21,25,28H,7-8,10-11H2,1-3H3. The number of likely N-dealkylation sites (tertiary alicyclic amines) is 1. The van der Waals surface area contributed by atoms with E-state index in [0.29, 0.717) is 11.8 Å². The number of hydrogen-bond acceptors (Lipinski definition) is 5. The summed E-state index contributed by atoms with van der Waals surface area (Å²) in [5.41, 5.74) is 4.21. The second kappa shape index (κ2) is 8.27. The Bertz CT molecular complexity index is 923. The molecule has 0 aliphatic carbocycles. The van der Waals surface area contributed by atoms with E-state index in [4.69, 9.17) is 16.3 Å². The van der Waals surface area contributed by atoms with Gasteiger partial charge in [0.05, 0.1) is 18.2 Å². The number of phenols is 1. The summed E-state index contributed by atoms with van der Waals surface area (Å²) in [5.74, 6) is 0.337. The molecule has 2 heterocycles. The first kappa shape index (κ1) is 20.1. The van der Waals surface area contributed by atoms with Crippen molar-refractivity contribution in [1.82, 2.24) is 9.80 Å². The molecule has 2 aromatic carbocycles. The third-order valence-corrected chi connectivity index (χ3v) is 6.36. The van der Waals surface area contributed by atoms with Gasteiger partial charge in [-0.2, -0.15) is 0 Å². The van der Waals surface area contributed by atoms with Crippen molar-refractivity contribution in [3.63, 3.8) is 0 Å². The van der Waals surface area contributed by atoms with Crippen molar-refractivity contribution >= 4 is 17.3 Å². The number of aromatic hydroxyl groups is 1. The molecule has 4 rings (SSSR count). The van der Waals surface area contributed by atoms with Crippen molar-refractivity contribution in [2.75, 3.05) is 39.6 Å². The molecule has 29 heavy (non-hydrogen) atoms. The molecule has 0 amide bonds. The predicted molar refractivity (Wildman–Crippen MR) is 118 cm³/mol. The third-order valence-electron chi connectivity index (χ3n) is 6.07. The summed E-state index contributed by atoms with van der Waals surface area (Å²) in [6, 6.07) is 10.5. The first-order chi connectivity index (χ1) is 14.0. The molecule has 2 aliphatic heterocycles. The highest BCUT2D eigenvalue weighted by atomic mass is 35.5. The lowest BCUT2D eigenvalue weighted by Crippen LogP contribution is -2.43. The molecule has 5 nitrogen and oxygen atoms in total. The molecule has 1 fully saturated rings. The van der Waals surface area contributed by atoms with Crippen LogP contribution >= 0.6 is 11.6 Å². The molecule has 0 saturated carbocycles. The average molecular weight is 413 g/mol. The molecule has 0 spiro atoms. The molecule has 0 bridgehead atoms. The molecular formula is C23H27ClN3O2. The molecule has 153 valence electrons. The van der Waals surface area contributed by atoms with Gasteiger partial charge in [0, 0.05) is 17.9 Å². The average Bonchev–Trinajstić information content (AvgIpc) is 2.74. The van der Waals surface area contributed by atoms with Crippen LogP contribution in [0.3, 0.4) is 0 Å². The molecule has 1 atom stereocenters. The zero-order valence-electron chi connectivity index (χ0n) is 17.1. The van der Waals surface area contributed by atoms with Crippen LogP contribution in [0.25, 0.3) is 11.1 Å². The number of benzene rings is 2. The second-order valence-electron chi connectivity index (χ2n) is 7.87. The van der Waals surface area contributed by atoms with Crippen molar-refractivity contribution in [2.24, 2.45) is 0 Å². The summed E-state index contributed by atoms with van der Waals surface area (Å²) >= 11 is 6.21. The van der Waals surface area contributed by atoms with Crippen LogP contribution in [0.2, 0.25) is 5.02 Å². The van der Waals surface area contributed by atoms with Crippen molar-refractivity contribution < 1.29 is 9.84 Å². The van der Waals surface area contributed by atoms with E-state index in [-0.39, 0.29) is 16.8 Å². The fourth-order valence-corrected chi connectivity index (χ4v) is 4.44. The number of fused-ring (bicyclic) bond motifs is 1. The van der Waals surface area contributed by atoms with E-state index in [0.717, 1.165) is 29.9 Å². The zero-order valence-corrected chi connectivity index (χ0v) is 17.8. The summed E-state index contributed by atoms with van der Waals surface area (Å²) in [6.07, 6.45) is 7.74. The summed E-state index contributed by atoms with van der Waals surface area (Å²) in [6.45, 7) is 2.25. The Balaban J connectivity index is 1.67. The fourth-order valence-electron chi connectivity index (χ4n) is 4.23. The van der Waals surface area contributed by atoms with Crippen molar-refractivity contribution in [3.05, 3.63) is 53.2 Å². The third kappa shape index (κ3) is 3.95. The Morgan fingerprint density at radius 2 is 1.97 bits per heavy atom. The largest absolute Gasteiger partial charge is 0.503 e. The Morgan fingerprint density at radius 3 is 2.69 bits per heavy atom. The summed E-state index contributed by atoms with van der Waals surface area (Å²) in [7, 11) is 5.91. The summed E-state index contributed by atoms with van der Waals surface area (Å²) < 4.78 is 5.27. The van der Waals surface area contributed by atoms with Gasteiger partial charge < -0.3 is 20.1 Å². The molecule has 1 unspecified atom stereocenters. The number of nitrogens with zero attached hydrogens (tertiary/aromatic N) is 2. The van der Waals surface area contributed by atoms with E-state index in [9.17, 15) is 5.11 Å². The number of nitrogens with one attached hydrogen (secondary N) is 1. The van der Waals surface area contributed by atoms with E-state index >= 15 is 0 Å². The number of phenolic OH excluding ortho intramolecular Hbond substituents is 1. The maximum absolute atomic E-state index is 10.0. The van der Waals surface area contributed by atoms with Gasteiger partial charge in [-0.15, -0.1) is 0 Å². The maximum atomic E-state index is 10.0. The smallest absolute Gasteiger partial charge is 0.176 e. The first-order valence-electron chi connectivity index (χ1n) is 9.93. The topological polar surface area (TPSA) is 48.0 Å². The number of likely N-dealkylation sites (N-methyl/N-ethyl adjacent to an activating group) is 1. The SMILES string of the molecule is COc1cc(-c2ccc3c(c2)C(N(C)C2CCN(C)CC2)[C]=CN3)cc(Cl)c1O. The van der Waals surface area contributed by atoms with Crippen LogP contribution in [0.4, 0.5) is 5.69 Å². The van der Waals surface area contributed by atoms with Gasteiger partial charge >= 0.3 is 0 Å². The number of methoxy groups -OCH3 is 1.